The Morgan fingerprint density at radius 3 is 2.70 bits per heavy atom. The van der Waals surface area contributed by atoms with Crippen LogP contribution in [0.25, 0.3) is 0 Å². The molecule has 1 aromatic heterocycles. The van der Waals surface area contributed by atoms with Gasteiger partial charge in [0.15, 0.2) is 0 Å². The van der Waals surface area contributed by atoms with Crippen LogP contribution >= 0.6 is 11.6 Å². The number of para-hydroxylation sites is 1. The van der Waals surface area contributed by atoms with Gasteiger partial charge in [0.1, 0.15) is 5.82 Å². The van der Waals surface area contributed by atoms with Gasteiger partial charge >= 0.3 is 5.97 Å². The first-order valence-corrected chi connectivity index (χ1v) is 6.64. The molecule has 0 saturated heterocycles. The lowest BCUT2D eigenvalue weighted by Gasteiger charge is -2.24. The van der Waals surface area contributed by atoms with Crippen LogP contribution in [-0.2, 0) is 0 Å². The molecule has 0 aliphatic rings. The Bertz CT molecular complexity index is 644. The standard InChI is InChI=1S/C15H15ClN2O2/c1-3-18(13-7-5-4-6-10(13)2)14-8-11(15(19)20)12(16)9-17-14/h4-9H,3H2,1-2H3,(H,19,20). The number of pyridine rings is 1. The van der Waals surface area contributed by atoms with Crippen LogP contribution in [0.15, 0.2) is 36.5 Å². The maximum absolute atomic E-state index is 11.2. The molecule has 0 atom stereocenters. The van der Waals surface area contributed by atoms with E-state index in [0.29, 0.717) is 12.4 Å². The number of nitrogens with zero attached hydrogens (tertiary/aromatic N) is 2. The fourth-order valence-electron chi connectivity index (χ4n) is 2.06. The Morgan fingerprint density at radius 2 is 2.10 bits per heavy atom. The highest BCUT2D eigenvalue weighted by atomic mass is 35.5. The van der Waals surface area contributed by atoms with Crippen molar-refractivity contribution in [2.75, 3.05) is 11.4 Å². The number of hydrogen-bond acceptors (Lipinski definition) is 3. The molecule has 4 nitrogen and oxygen atoms in total. The zero-order chi connectivity index (χ0) is 14.7. The Kier molecular flexibility index (Phi) is 4.25. The summed E-state index contributed by atoms with van der Waals surface area (Å²) in [4.78, 5) is 17.4. The molecular formula is C15H15ClN2O2. The van der Waals surface area contributed by atoms with Crippen LogP contribution in [0.1, 0.15) is 22.8 Å². The summed E-state index contributed by atoms with van der Waals surface area (Å²) >= 11 is 5.85. The molecule has 0 aliphatic carbocycles. The number of halogens is 1. The predicted octanol–water partition coefficient (Wildman–Crippen LogP) is 3.90. The first kappa shape index (κ1) is 14.3. The van der Waals surface area contributed by atoms with Crippen molar-refractivity contribution in [3.8, 4) is 0 Å². The van der Waals surface area contributed by atoms with Gasteiger partial charge in [-0.25, -0.2) is 9.78 Å². The van der Waals surface area contributed by atoms with Gasteiger partial charge in [0, 0.05) is 18.4 Å². The normalized spacial score (nSPS) is 10.3. The predicted molar refractivity (Wildman–Crippen MR) is 80.1 cm³/mol. The number of carboxylic acids is 1. The van der Waals surface area contributed by atoms with Gasteiger partial charge < -0.3 is 10.0 Å². The third-order valence-corrected chi connectivity index (χ3v) is 3.37. The Balaban J connectivity index is 2.50. The second-order valence-corrected chi connectivity index (χ2v) is 4.77. The fourth-order valence-corrected chi connectivity index (χ4v) is 2.25. The van der Waals surface area contributed by atoms with Gasteiger partial charge in [0.25, 0.3) is 0 Å². The highest BCUT2D eigenvalue weighted by molar-refractivity contribution is 6.33. The maximum atomic E-state index is 11.2. The smallest absolute Gasteiger partial charge is 0.337 e. The molecule has 0 radical (unpaired) electrons. The van der Waals surface area contributed by atoms with Crippen LogP contribution in [0.2, 0.25) is 5.02 Å². The van der Waals surface area contributed by atoms with Crippen LogP contribution < -0.4 is 4.90 Å². The van der Waals surface area contributed by atoms with E-state index < -0.39 is 5.97 Å². The van der Waals surface area contributed by atoms with E-state index in [1.807, 2.05) is 43.0 Å². The maximum Gasteiger partial charge on any atom is 0.337 e. The van der Waals surface area contributed by atoms with Crippen LogP contribution in [0.3, 0.4) is 0 Å². The van der Waals surface area contributed by atoms with Crippen molar-refractivity contribution in [2.45, 2.75) is 13.8 Å². The van der Waals surface area contributed by atoms with Crippen molar-refractivity contribution in [2.24, 2.45) is 0 Å². The second-order valence-electron chi connectivity index (χ2n) is 4.36. The second kappa shape index (κ2) is 5.92. The monoisotopic (exact) mass is 290 g/mol. The van der Waals surface area contributed by atoms with Gasteiger partial charge in [0.05, 0.1) is 10.6 Å². The molecule has 104 valence electrons. The number of hydrogen-bond donors (Lipinski definition) is 1. The number of rotatable bonds is 4. The summed E-state index contributed by atoms with van der Waals surface area (Å²) in [5.41, 5.74) is 2.16. The van der Waals surface area contributed by atoms with Crippen molar-refractivity contribution >= 4 is 29.1 Å². The highest BCUT2D eigenvalue weighted by Gasteiger charge is 2.15. The first-order valence-electron chi connectivity index (χ1n) is 6.26. The van der Waals surface area contributed by atoms with Gasteiger partial charge in [-0.15, -0.1) is 0 Å². The summed E-state index contributed by atoms with van der Waals surface area (Å²) in [6, 6.07) is 9.39. The SMILES string of the molecule is CCN(c1cc(C(=O)O)c(Cl)cn1)c1ccccc1C. The quantitative estimate of drug-likeness (QED) is 0.928. The lowest BCUT2D eigenvalue weighted by atomic mass is 10.1. The summed E-state index contributed by atoms with van der Waals surface area (Å²) in [7, 11) is 0. The van der Waals surface area contributed by atoms with Gasteiger partial charge in [-0.3, -0.25) is 0 Å². The van der Waals surface area contributed by atoms with Crippen LogP contribution in [0.4, 0.5) is 11.5 Å². The van der Waals surface area contributed by atoms with E-state index in [1.54, 1.807) is 0 Å². The third-order valence-electron chi connectivity index (χ3n) is 3.07. The number of aromatic carboxylic acids is 1. The summed E-state index contributed by atoms with van der Waals surface area (Å²) in [5.74, 6) is -0.483. The molecule has 20 heavy (non-hydrogen) atoms. The lowest BCUT2D eigenvalue weighted by molar-refractivity contribution is 0.0697. The van der Waals surface area contributed by atoms with E-state index >= 15 is 0 Å². The number of anilines is 2. The summed E-state index contributed by atoms with van der Waals surface area (Å²) in [6.45, 7) is 4.67. The molecule has 1 heterocycles. The molecule has 0 aliphatic heterocycles. The van der Waals surface area contributed by atoms with Crippen molar-refractivity contribution < 1.29 is 9.90 Å². The van der Waals surface area contributed by atoms with Gasteiger partial charge in [0.2, 0.25) is 0 Å². The van der Waals surface area contributed by atoms with Crippen LogP contribution in [-0.4, -0.2) is 22.6 Å². The van der Waals surface area contributed by atoms with Crippen LogP contribution in [0.5, 0.6) is 0 Å². The van der Waals surface area contributed by atoms with Crippen molar-refractivity contribution in [1.82, 2.24) is 4.98 Å². The molecule has 2 rings (SSSR count). The van der Waals surface area contributed by atoms with Gasteiger partial charge in [-0.05, 0) is 31.5 Å². The van der Waals surface area contributed by atoms with Crippen molar-refractivity contribution in [3.05, 3.63) is 52.7 Å². The Hall–Kier alpha value is -2.07. The molecule has 0 saturated carbocycles. The number of carboxylic acid groups (broad SMARTS) is 1. The molecule has 1 N–H and O–H groups in total. The zero-order valence-electron chi connectivity index (χ0n) is 11.3. The van der Waals surface area contributed by atoms with Crippen molar-refractivity contribution in [3.63, 3.8) is 0 Å². The zero-order valence-corrected chi connectivity index (χ0v) is 12.1. The number of carbonyl (C=O) groups is 1. The number of aryl methyl sites for hydroxylation is 1. The van der Waals surface area contributed by atoms with E-state index in [0.717, 1.165) is 11.3 Å². The summed E-state index contributed by atoms with van der Waals surface area (Å²) in [6.07, 6.45) is 1.38. The summed E-state index contributed by atoms with van der Waals surface area (Å²) < 4.78 is 0. The molecule has 2 aromatic rings. The molecule has 0 bridgehead atoms. The first-order chi connectivity index (χ1) is 9.54. The lowest BCUT2D eigenvalue weighted by Crippen LogP contribution is -2.19. The largest absolute Gasteiger partial charge is 0.478 e. The summed E-state index contributed by atoms with van der Waals surface area (Å²) in [5, 5.41) is 9.28. The Labute approximate surface area is 122 Å². The average molecular weight is 291 g/mol. The molecule has 0 spiro atoms. The fraction of sp³-hybridized carbons (Fsp3) is 0.200. The van der Waals surface area contributed by atoms with Gasteiger partial charge in [-0.1, -0.05) is 29.8 Å². The highest BCUT2D eigenvalue weighted by Crippen LogP contribution is 2.28. The molecule has 0 unspecified atom stereocenters. The van der Waals surface area contributed by atoms with E-state index in [4.69, 9.17) is 16.7 Å². The average Bonchev–Trinajstić information content (AvgIpc) is 2.43. The van der Waals surface area contributed by atoms with E-state index in [2.05, 4.69) is 4.98 Å². The molecule has 1 aromatic carbocycles. The molecule has 0 fully saturated rings. The molecule has 5 heteroatoms. The topological polar surface area (TPSA) is 53.4 Å². The van der Waals surface area contributed by atoms with E-state index in [9.17, 15) is 4.79 Å². The molecular weight excluding hydrogens is 276 g/mol. The van der Waals surface area contributed by atoms with E-state index in [1.165, 1.54) is 12.3 Å². The number of aromatic nitrogens is 1. The van der Waals surface area contributed by atoms with E-state index in [-0.39, 0.29) is 10.6 Å². The minimum Gasteiger partial charge on any atom is -0.478 e. The van der Waals surface area contributed by atoms with Gasteiger partial charge in [-0.2, -0.15) is 0 Å². The minimum atomic E-state index is -1.06. The third kappa shape index (κ3) is 2.75. The molecule has 0 amide bonds. The van der Waals surface area contributed by atoms with Crippen LogP contribution in [0, 0.1) is 6.92 Å². The number of benzene rings is 1. The van der Waals surface area contributed by atoms with Crippen molar-refractivity contribution in [1.29, 1.82) is 0 Å². The Morgan fingerprint density at radius 1 is 1.40 bits per heavy atom. The minimum absolute atomic E-state index is 0.0590.